The Kier molecular flexibility index (Phi) is 6.06. The van der Waals surface area contributed by atoms with Crippen LogP contribution in [0.25, 0.3) is 0 Å². The minimum Gasteiger partial charge on any atom is -0.314 e. The standard InChI is InChI=1S/C14H20N2O2S2/c1-14(16,11-15)9-3-4-10-19-12-5-7-13(8-6-12)20(2,17)18/h5-8H,3-4,9-10,16H2,1-2H3. The van der Waals surface area contributed by atoms with Crippen molar-refractivity contribution in [3.05, 3.63) is 24.3 Å². The fourth-order valence-corrected chi connectivity index (χ4v) is 3.17. The molecule has 0 bridgehead atoms. The lowest BCUT2D eigenvalue weighted by Gasteiger charge is -2.14. The van der Waals surface area contributed by atoms with Crippen molar-refractivity contribution in [1.29, 1.82) is 5.26 Å². The van der Waals surface area contributed by atoms with Crippen molar-refractivity contribution in [2.75, 3.05) is 12.0 Å². The molecule has 4 nitrogen and oxygen atoms in total. The van der Waals surface area contributed by atoms with E-state index < -0.39 is 15.4 Å². The number of hydrogen-bond acceptors (Lipinski definition) is 5. The van der Waals surface area contributed by atoms with Gasteiger partial charge >= 0.3 is 0 Å². The van der Waals surface area contributed by atoms with E-state index in [0.717, 1.165) is 23.5 Å². The second-order valence-corrected chi connectivity index (χ2v) is 8.26. The summed E-state index contributed by atoms with van der Waals surface area (Å²) in [5.74, 6) is 0.930. The lowest BCUT2D eigenvalue weighted by atomic mass is 9.99. The van der Waals surface area contributed by atoms with Crippen LogP contribution in [0.2, 0.25) is 0 Å². The predicted octanol–water partition coefficient (Wildman–Crippen LogP) is 2.59. The second-order valence-electron chi connectivity index (χ2n) is 5.08. The SMILES string of the molecule is CC(N)(C#N)CCCCSc1ccc(S(C)(=O)=O)cc1. The molecular formula is C14H20N2O2S2. The van der Waals surface area contributed by atoms with Crippen LogP contribution < -0.4 is 5.73 Å². The lowest BCUT2D eigenvalue weighted by Crippen LogP contribution is -2.33. The quantitative estimate of drug-likeness (QED) is 0.618. The van der Waals surface area contributed by atoms with Crippen LogP contribution in [-0.4, -0.2) is 26.0 Å². The first-order valence-corrected chi connectivity index (χ1v) is 9.25. The average molecular weight is 312 g/mol. The molecule has 0 amide bonds. The van der Waals surface area contributed by atoms with Crippen LogP contribution in [-0.2, 0) is 9.84 Å². The van der Waals surface area contributed by atoms with Gasteiger partial charge in [0.15, 0.2) is 9.84 Å². The Morgan fingerprint density at radius 2 is 1.90 bits per heavy atom. The van der Waals surface area contributed by atoms with Crippen LogP contribution in [0.4, 0.5) is 0 Å². The smallest absolute Gasteiger partial charge is 0.175 e. The maximum atomic E-state index is 11.3. The van der Waals surface area contributed by atoms with Crippen LogP contribution in [0, 0.1) is 11.3 Å². The Labute approximate surface area is 125 Å². The Balaban J connectivity index is 2.35. The normalized spacial score (nSPS) is 14.5. The van der Waals surface area contributed by atoms with Gasteiger partial charge in [-0.05, 0) is 56.2 Å². The highest BCUT2D eigenvalue weighted by Crippen LogP contribution is 2.22. The summed E-state index contributed by atoms with van der Waals surface area (Å²) in [4.78, 5) is 1.39. The Hall–Kier alpha value is -1.03. The molecular weight excluding hydrogens is 292 g/mol. The second kappa shape index (κ2) is 7.11. The molecule has 0 heterocycles. The van der Waals surface area contributed by atoms with Crippen molar-refractivity contribution in [2.24, 2.45) is 5.73 Å². The topological polar surface area (TPSA) is 83.9 Å². The highest BCUT2D eigenvalue weighted by atomic mass is 32.2. The molecule has 1 aromatic carbocycles. The van der Waals surface area contributed by atoms with Gasteiger partial charge in [-0.25, -0.2) is 8.42 Å². The highest BCUT2D eigenvalue weighted by molar-refractivity contribution is 7.99. The zero-order valence-electron chi connectivity index (χ0n) is 11.8. The number of rotatable bonds is 7. The maximum Gasteiger partial charge on any atom is 0.175 e. The number of hydrogen-bond donors (Lipinski definition) is 1. The first-order valence-electron chi connectivity index (χ1n) is 6.38. The van der Waals surface area contributed by atoms with Crippen molar-refractivity contribution < 1.29 is 8.42 Å². The summed E-state index contributed by atoms with van der Waals surface area (Å²) < 4.78 is 22.6. The molecule has 0 aliphatic heterocycles. The molecule has 0 aliphatic rings. The lowest BCUT2D eigenvalue weighted by molar-refractivity contribution is 0.519. The maximum absolute atomic E-state index is 11.3. The number of nitrogens with two attached hydrogens (primary N) is 1. The number of nitrogens with zero attached hydrogens (tertiary/aromatic N) is 1. The molecule has 2 N–H and O–H groups in total. The van der Waals surface area contributed by atoms with Gasteiger partial charge in [-0.1, -0.05) is 0 Å². The summed E-state index contributed by atoms with van der Waals surface area (Å²) in [6.07, 6.45) is 3.78. The highest BCUT2D eigenvalue weighted by Gasteiger charge is 2.15. The first-order chi connectivity index (χ1) is 9.24. The van der Waals surface area contributed by atoms with Gasteiger partial charge < -0.3 is 5.73 Å². The van der Waals surface area contributed by atoms with E-state index in [9.17, 15) is 8.42 Å². The summed E-state index contributed by atoms with van der Waals surface area (Å²) in [7, 11) is -3.12. The van der Waals surface area contributed by atoms with Crippen LogP contribution in [0.15, 0.2) is 34.1 Å². The van der Waals surface area contributed by atoms with E-state index in [1.54, 1.807) is 30.8 Å². The van der Waals surface area contributed by atoms with Gasteiger partial charge in [0.2, 0.25) is 0 Å². The molecule has 1 unspecified atom stereocenters. The van der Waals surface area contributed by atoms with Gasteiger partial charge in [0.25, 0.3) is 0 Å². The summed E-state index contributed by atoms with van der Waals surface area (Å²) in [6.45, 7) is 1.74. The van der Waals surface area contributed by atoms with E-state index in [1.807, 2.05) is 12.1 Å². The Morgan fingerprint density at radius 1 is 1.30 bits per heavy atom. The van der Waals surface area contributed by atoms with E-state index in [0.29, 0.717) is 11.3 Å². The summed E-state index contributed by atoms with van der Waals surface area (Å²) >= 11 is 1.68. The molecule has 110 valence electrons. The van der Waals surface area contributed by atoms with Crippen LogP contribution in [0.3, 0.4) is 0 Å². The molecule has 0 saturated heterocycles. The molecule has 0 aromatic heterocycles. The van der Waals surface area contributed by atoms with Crippen molar-refractivity contribution in [1.82, 2.24) is 0 Å². The van der Waals surface area contributed by atoms with Crippen molar-refractivity contribution >= 4 is 21.6 Å². The molecule has 1 atom stereocenters. The van der Waals surface area contributed by atoms with Crippen molar-refractivity contribution in [2.45, 2.75) is 41.5 Å². The average Bonchev–Trinajstić information content (AvgIpc) is 2.38. The molecule has 0 radical (unpaired) electrons. The molecule has 20 heavy (non-hydrogen) atoms. The van der Waals surface area contributed by atoms with Gasteiger partial charge in [0.05, 0.1) is 11.0 Å². The molecule has 0 aliphatic carbocycles. The summed E-state index contributed by atoms with van der Waals surface area (Å²) in [6, 6.07) is 8.99. The third-order valence-corrected chi connectivity index (χ3v) is 5.09. The van der Waals surface area contributed by atoms with E-state index in [1.165, 1.54) is 6.26 Å². The fraction of sp³-hybridized carbons (Fsp3) is 0.500. The molecule has 0 spiro atoms. The predicted molar refractivity (Wildman–Crippen MR) is 82.3 cm³/mol. The number of nitriles is 1. The third kappa shape index (κ3) is 5.95. The van der Waals surface area contributed by atoms with E-state index in [4.69, 9.17) is 11.0 Å². The fourth-order valence-electron chi connectivity index (χ4n) is 1.62. The summed E-state index contributed by atoms with van der Waals surface area (Å²) in [5.41, 5.74) is 5.01. The van der Waals surface area contributed by atoms with Gasteiger partial charge in [0, 0.05) is 11.2 Å². The molecule has 1 rings (SSSR count). The molecule has 0 fully saturated rings. The minimum absolute atomic E-state index is 0.342. The Bertz CT molecular complexity index is 572. The number of sulfone groups is 1. The van der Waals surface area contributed by atoms with Gasteiger partial charge in [-0.2, -0.15) is 5.26 Å². The summed E-state index contributed by atoms with van der Waals surface area (Å²) in [5, 5.41) is 8.79. The van der Waals surface area contributed by atoms with Gasteiger partial charge in [-0.3, -0.25) is 0 Å². The van der Waals surface area contributed by atoms with E-state index >= 15 is 0 Å². The number of unbranched alkanes of at least 4 members (excludes halogenated alkanes) is 1. The van der Waals surface area contributed by atoms with Crippen molar-refractivity contribution in [3.63, 3.8) is 0 Å². The third-order valence-electron chi connectivity index (χ3n) is 2.87. The largest absolute Gasteiger partial charge is 0.314 e. The number of benzene rings is 1. The van der Waals surface area contributed by atoms with E-state index in [-0.39, 0.29) is 0 Å². The number of thioether (sulfide) groups is 1. The van der Waals surface area contributed by atoms with Crippen LogP contribution >= 0.6 is 11.8 Å². The van der Waals surface area contributed by atoms with Gasteiger partial charge in [0.1, 0.15) is 5.54 Å². The monoisotopic (exact) mass is 312 g/mol. The Morgan fingerprint density at radius 3 is 2.40 bits per heavy atom. The van der Waals surface area contributed by atoms with Crippen molar-refractivity contribution in [3.8, 4) is 6.07 Å². The first kappa shape index (κ1) is 17.0. The van der Waals surface area contributed by atoms with Crippen LogP contribution in [0.1, 0.15) is 26.2 Å². The van der Waals surface area contributed by atoms with Crippen LogP contribution in [0.5, 0.6) is 0 Å². The zero-order valence-corrected chi connectivity index (χ0v) is 13.4. The minimum atomic E-state index is -3.12. The zero-order chi connectivity index (χ0) is 15.2. The van der Waals surface area contributed by atoms with Gasteiger partial charge in [-0.15, -0.1) is 11.8 Å². The molecule has 1 aromatic rings. The molecule has 6 heteroatoms. The molecule has 0 saturated carbocycles. The van der Waals surface area contributed by atoms with E-state index in [2.05, 4.69) is 6.07 Å².